The van der Waals surface area contributed by atoms with Crippen molar-refractivity contribution in [2.45, 2.75) is 57.1 Å². The number of rotatable bonds is 6. The summed E-state index contributed by atoms with van der Waals surface area (Å²) >= 11 is 6.40. The van der Waals surface area contributed by atoms with Crippen molar-refractivity contribution >= 4 is 51.2 Å². The van der Waals surface area contributed by atoms with Gasteiger partial charge in [0.1, 0.15) is 0 Å². The molecule has 3 aliphatic heterocycles. The van der Waals surface area contributed by atoms with Gasteiger partial charge in [0.2, 0.25) is 0 Å². The molecule has 3 aliphatic rings. The highest BCUT2D eigenvalue weighted by atomic mass is 35.5. The highest BCUT2D eigenvalue weighted by Crippen LogP contribution is 2.33. The first-order valence-electron chi connectivity index (χ1n) is 17.7. The zero-order valence-electron chi connectivity index (χ0n) is 28.4. The van der Waals surface area contributed by atoms with Gasteiger partial charge in [-0.25, -0.2) is 9.59 Å². The molecule has 0 radical (unpaired) electrons. The number of halogens is 1. The van der Waals surface area contributed by atoms with Gasteiger partial charge in [0, 0.05) is 49.6 Å². The second-order valence-corrected chi connectivity index (χ2v) is 14.5. The van der Waals surface area contributed by atoms with Gasteiger partial charge in [-0.2, -0.15) is 0 Å². The minimum absolute atomic E-state index is 0.120. The topological polar surface area (TPSA) is 130 Å². The number of nitrogens with two attached hydrogens (primary N) is 1. The van der Waals surface area contributed by atoms with Crippen molar-refractivity contribution in [1.29, 1.82) is 0 Å². The number of nitrogens with one attached hydrogen (secondary N) is 1. The van der Waals surface area contributed by atoms with Crippen molar-refractivity contribution in [3.05, 3.63) is 69.2 Å². The van der Waals surface area contributed by atoms with Crippen LogP contribution in [-0.2, 0) is 16.0 Å². The molecule has 2 aromatic carbocycles. The summed E-state index contributed by atoms with van der Waals surface area (Å²) in [6.07, 6.45) is 11.3. The van der Waals surface area contributed by atoms with Crippen LogP contribution in [0.1, 0.15) is 55.7 Å². The molecule has 0 saturated carbocycles. The number of pyridine rings is 1. The summed E-state index contributed by atoms with van der Waals surface area (Å²) in [6, 6.07) is 11.0. The minimum Gasteiger partial charge on any atom is -0.436 e. The smallest absolute Gasteiger partial charge is 0.410 e. The number of hydrogen-bond acceptors (Lipinski definition) is 7. The van der Waals surface area contributed by atoms with E-state index in [-0.39, 0.29) is 24.1 Å². The number of aromatic nitrogens is 3. The average Bonchev–Trinajstić information content (AvgIpc) is 3.49. The van der Waals surface area contributed by atoms with Crippen molar-refractivity contribution in [1.82, 2.24) is 29.2 Å². The summed E-state index contributed by atoms with van der Waals surface area (Å²) in [5.74, 6) is 3.64. The van der Waals surface area contributed by atoms with Crippen LogP contribution < -0.4 is 11.4 Å². The van der Waals surface area contributed by atoms with Crippen molar-refractivity contribution < 1.29 is 14.3 Å². The number of ether oxygens (including phenoxy) is 1. The molecule has 0 aliphatic carbocycles. The molecule has 0 bridgehead atoms. The van der Waals surface area contributed by atoms with E-state index in [0.29, 0.717) is 72.7 Å². The van der Waals surface area contributed by atoms with Crippen LogP contribution in [0.4, 0.5) is 10.5 Å². The molecule has 2 amide bonds. The Kier molecular flexibility index (Phi) is 9.76. The van der Waals surface area contributed by atoms with Crippen LogP contribution in [0, 0.1) is 24.2 Å². The van der Waals surface area contributed by atoms with Gasteiger partial charge in [0.15, 0.2) is 6.10 Å². The van der Waals surface area contributed by atoms with E-state index < -0.39 is 12.2 Å². The summed E-state index contributed by atoms with van der Waals surface area (Å²) in [5, 5.41) is 1.19. The molecule has 11 nitrogen and oxygen atoms in total. The SMILES string of the molecule is C#Cc1cc(C[C@@H](OC(=O)N2CCC(n3c(=O)[nH]c4c5ccccc5ncc43)CC2)C(=O)N2CCC(C3CCN(C)CC3)CC2)cc(Cl)c1N. The van der Waals surface area contributed by atoms with Gasteiger partial charge in [-0.05, 0) is 94.3 Å². The van der Waals surface area contributed by atoms with Crippen molar-refractivity contribution in [3.63, 3.8) is 0 Å². The molecule has 3 N–H and O–H groups in total. The molecule has 1 atom stereocenters. The first-order valence-corrected chi connectivity index (χ1v) is 18.0. The van der Waals surface area contributed by atoms with E-state index in [9.17, 15) is 14.4 Å². The number of imidazole rings is 1. The van der Waals surface area contributed by atoms with Gasteiger partial charge in [-0.15, -0.1) is 6.42 Å². The minimum atomic E-state index is -1.05. The summed E-state index contributed by atoms with van der Waals surface area (Å²) in [6.45, 7) is 4.27. The van der Waals surface area contributed by atoms with E-state index >= 15 is 0 Å². The predicted octanol–water partition coefficient (Wildman–Crippen LogP) is 5.06. The van der Waals surface area contributed by atoms with E-state index in [1.54, 1.807) is 27.8 Å². The lowest BCUT2D eigenvalue weighted by molar-refractivity contribution is -0.142. The highest BCUT2D eigenvalue weighted by molar-refractivity contribution is 6.33. The molecule has 12 heteroatoms. The van der Waals surface area contributed by atoms with Gasteiger partial charge in [-0.3, -0.25) is 14.3 Å². The second-order valence-electron chi connectivity index (χ2n) is 14.1. The van der Waals surface area contributed by atoms with E-state index in [4.69, 9.17) is 28.5 Å². The molecule has 4 aromatic rings. The molecule has 0 unspecified atom stereocenters. The van der Waals surface area contributed by atoms with E-state index in [1.165, 1.54) is 12.8 Å². The molecular weight excluding hydrogens is 654 g/mol. The number of piperidine rings is 3. The summed E-state index contributed by atoms with van der Waals surface area (Å²) in [7, 11) is 2.17. The largest absolute Gasteiger partial charge is 0.436 e. The quantitative estimate of drug-likeness (QED) is 0.213. The summed E-state index contributed by atoms with van der Waals surface area (Å²) < 4.78 is 7.81. The second kappa shape index (κ2) is 14.4. The van der Waals surface area contributed by atoms with Crippen molar-refractivity contribution in [2.24, 2.45) is 11.8 Å². The first kappa shape index (κ1) is 33.9. The Labute approximate surface area is 296 Å². The molecule has 50 heavy (non-hydrogen) atoms. The monoisotopic (exact) mass is 697 g/mol. The summed E-state index contributed by atoms with van der Waals surface area (Å²) in [5.41, 5.74) is 9.59. The van der Waals surface area contributed by atoms with E-state index in [2.05, 4.69) is 27.8 Å². The van der Waals surface area contributed by atoms with Gasteiger partial charge in [-0.1, -0.05) is 35.7 Å². The van der Waals surface area contributed by atoms with Crippen molar-refractivity contribution in [3.8, 4) is 12.3 Å². The Bertz CT molecular complexity index is 1990. The number of para-hydroxylation sites is 1. The Hall–Kier alpha value is -4.53. The molecular formula is C38H44ClN7O4. The van der Waals surface area contributed by atoms with Crippen LogP contribution in [0.25, 0.3) is 21.9 Å². The Morgan fingerprint density at radius 1 is 1.02 bits per heavy atom. The number of terminal acetylenes is 1. The molecule has 3 fully saturated rings. The first-order chi connectivity index (χ1) is 24.2. The number of likely N-dealkylation sites (tertiary alicyclic amines) is 3. The maximum absolute atomic E-state index is 14.1. The van der Waals surface area contributed by atoms with E-state index in [1.807, 2.05) is 29.2 Å². The van der Waals surface area contributed by atoms with Crippen LogP contribution in [0.2, 0.25) is 5.02 Å². The highest BCUT2D eigenvalue weighted by Gasteiger charge is 2.36. The lowest BCUT2D eigenvalue weighted by Crippen LogP contribution is -2.49. The van der Waals surface area contributed by atoms with Crippen molar-refractivity contribution in [2.75, 3.05) is 52.0 Å². The zero-order valence-corrected chi connectivity index (χ0v) is 29.2. The number of aromatic amines is 1. The van der Waals surface area contributed by atoms with Crippen LogP contribution in [0.5, 0.6) is 0 Å². The summed E-state index contributed by atoms with van der Waals surface area (Å²) in [4.78, 5) is 54.4. The lowest BCUT2D eigenvalue weighted by Gasteiger charge is -2.40. The number of carbonyl (C=O) groups is 2. The van der Waals surface area contributed by atoms with E-state index in [0.717, 1.165) is 47.9 Å². The standard InChI is InChI=1S/C38H44ClN7O4/c1-3-25-20-24(21-30(39)34(25)40)22-33(36(47)44-16-10-27(11-17-44)26-8-14-43(2)15-9-26)50-38(49)45-18-12-28(13-19-45)46-32-23-41-31-7-5-4-6-29(31)35(32)42-37(46)48/h1,4-7,20-21,23,26-28,33H,8-19,22,40H2,2H3,(H,42,48)/t33-/m1/s1. The van der Waals surface area contributed by atoms with Gasteiger partial charge in [0.05, 0.1) is 33.5 Å². The third kappa shape index (κ3) is 6.79. The van der Waals surface area contributed by atoms with Gasteiger partial charge < -0.3 is 30.2 Å². The Morgan fingerprint density at radius 3 is 2.38 bits per heavy atom. The third-order valence-electron chi connectivity index (χ3n) is 11.1. The fourth-order valence-electron chi connectivity index (χ4n) is 8.19. The normalized spacial score (nSPS) is 19.1. The number of carbonyl (C=O) groups excluding carboxylic acids is 2. The molecule has 2 aromatic heterocycles. The Morgan fingerprint density at radius 2 is 1.68 bits per heavy atom. The molecule has 3 saturated heterocycles. The van der Waals surface area contributed by atoms with Crippen LogP contribution in [0.3, 0.4) is 0 Å². The van der Waals surface area contributed by atoms with Gasteiger partial charge >= 0.3 is 11.8 Å². The number of nitrogens with zero attached hydrogens (tertiary/aromatic N) is 5. The third-order valence-corrected chi connectivity index (χ3v) is 11.4. The fraction of sp³-hybridized carbons (Fsp3) is 0.474. The predicted molar refractivity (Wildman–Crippen MR) is 195 cm³/mol. The Balaban J connectivity index is 1.04. The van der Waals surface area contributed by atoms with Crippen LogP contribution in [0.15, 0.2) is 47.4 Å². The molecule has 262 valence electrons. The molecule has 5 heterocycles. The zero-order chi connectivity index (χ0) is 34.9. The number of nitrogen functional groups attached to an aromatic ring is 1. The average molecular weight is 698 g/mol. The molecule has 7 rings (SSSR count). The fourth-order valence-corrected chi connectivity index (χ4v) is 8.43. The lowest BCUT2D eigenvalue weighted by atomic mass is 9.79. The maximum Gasteiger partial charge on any atom is 0.410 e. The number of benzene rings is 2. The number of hydrogen-bond donors (Lipinski definition) is 2. The number of H-pyrrole nitrogens is 1. The number of anilines is 1. The molecule has 0 spiro atoms. The van der Waals surface area contributed by atoms with Crippen LogP contribution in [-0.4, -0.2) is 93.7 Å². The number of amides is 2. The number of fused-ring (bicyclic) bond motifs is 3. The maximum atomic E-state index is 14.1. The van der Waals surface area contributed by atoms with Gasteiger partial charge in [0.25, 0.3) is 5.91 Å². The van der Waals surface area contributed by atoms with Crippen LogP contribution >= 0.6 is 11.6 Å².